The van der Waals surface area contributed by atoms with E-state index in [1.165, 1.54) is 4.46 Å². The molecule has 1 atom stereocenters. The van der Waals surface area contributed by atoms with Crippen molar-refractivity contribution >= 4 is 52.7 Å². The van der Waals surface area contributed by atoms with Crippen LogP contribution >= 0.6 is 15.9 Å². The molecule has 1 aliphatic heterocycles. The number of halogens is 1. The number of hydrogen-bond acceptors (Lipinski definition) is 3. The van der Waals surface area contributed by atoms with E-state index in [2.05, 4.69) is 41.9 Å². The minimum absolute atomic E-state index is 0.117. The van der Waals surface area contributed by atoms with E-state index in [-0.39, 0.29) is 19.8 Å². The van der Waals surface area contributed by atoms with Crippen LogP contribution in [0.3, 0.4) is 0 Å². The Hall–Kier alpha value is -1.68. The van der Waals surface area contributed by atoms with E-state index >= 15 is 0 Å². The molecule has 1 heterocycles. The van der Waals surface area contributed by atoms with Crippen LogP contribution in [-0.4, -0.2) is 32.1 Å². The monoisotopic (exact) mass is 476 g/mol. The molecular formula is C21H17BrO3Se. The fraction of sp³-hybridized carbons (Fsp3) is 0.238. The molecule has 132 valence electrons. The van der Waals surface area contributed by atoms with Gasteiger partial charge in [0.25, 0.3) is 0 Å². The molecule has 4 rings (SSSR count). The van der Waals surface area contributed by atoms with Crippen molar-refractivity contribution in [3.05, 3.63) is 69.7 Å². The summed E-state index contributed by atoms with van der Waals surface area (Å²) in [6.45, 7) is 4.15. The maximum absolute atomic E-state index is 12.7. The summed E-state index contributed by atoms with van der Waals surface area (Å²) in [5, 5.41) is 0. The van der Waals surface area contributed by atoms with Gasteiger partial charge >= 0.3 is 167 Å². The van der Waals surface area contributed by atoms with E-state index in [0.717, 1.165) is 10.0 Å². The number of Topliss-reactive ketones (excluding diaryl/α,β-unsaturated/α-hetero) is 2. The average Bonchev–Trinajstić information content (AvgIpc) is 2.61. The predicted molar refractivity (Wildman–Crippen MR) is 106 cm³/mol. The van der Waals surface area contributed by atoms with Gasteiger partial charge in [0.05, 0.1) is 0 Å². The summed E-state index contributed by atoms with van der Waals surface area (Å²) < 4.78 is 8.64. The van der Waals surface area contributed by atoms with Gasteiger partial charge in [0.2, 0.25) is 0 Å². The van der Waals surface area contributed by atoms with Crippen LogP contribution in [0.15, 0.2) is 58.6 Å². The Bertz CT molecular complexity index is 961. The summed E-state index contributed by atoms with van der Waals surface area (Å²) in [6.07, 6.45) is 0.577. The van der Waals surface area contributed by atoms with Crippen LogP contribution in [0.5, 0.6) is 0 Å². The van der Waals surface area contributed by atoms with Gasteiger partial charge in [0.1, 0.15) is 0 Å². The van der Waals surface area contributed by atoms with Crippen LogP contribution in [0.4, 0.5) is 0 Å². The predicted octanol–water partition coefficient (Wildman–Crippen LogP) is 3.94. The second kappa shape index (κ2) is 6.49. The maximum atomic E-state index is 12.7. The Labute approximate surface area is 167 Å². The van der Waals surface area contributed by atoms with E-state index in [1.54, 1.807) is 12.1 Å². The molecule has 2 aliphatic rings. The van der Waals surface area contributed by atoms with Crippen molar-refractivity contribution in [1.29, 1.82) is 0 Å². The summed E-state index contributed by atoms with van der Waals surface area (Å²) in [5.74, 6) is -0.239. The fourth-order valence-corrected chi connectivity index (χ4v) is 6.74. The zero-order chi connectivity index (χ0) is 18.5. The fourth-order valence-electron chi connectivity index (χ4n) is 3.35. The molecule has 0 fully saturated rings. The molecule has 0 spiro atoms. The third-order valence-electron chi connectivity index (χ3n) is 4.78. The molecule has 0 amide bonds. The Morgan fingerprint density at radius 2 is 1.77 bits per heavy atom. The quantitative estimate of drug-likeness (QED) is 0.488. The Balaban J connectivity index is 1.74. The number of carbonyl (C=O) groups is 2. The minimum atomic E-state index is -0.420. The van der Waals surface area contributed by atoms with E-state index in [9.17, 15) is 9.59 Å². The topological polar surface area (TPSA) is 43.4 Å². The molecule has 2 aromatic carbocycles. The van der Waals surface area contributed by atoms with E-state index in [1.807, 2.05) is 24.3 Å². The van der Waals surface area contributed by atoms with Gasteiger partial charge in [-0.15, -0.1) is 0 Å². The average molecular weight is 476 g/mol. The Morgan fingerprint density at radius 3 is 2.50 bits per heavy atom. The van der Waals surface area contributed by atoms with Crippen molar-refractivity contribution in [2.75, 3.05) is 0 Å². The van der Waals surface area contributed by atoms with Crippen LogP contribution in [0.1, 0.15) is 36.2 Å². The molecule has 1 aliphatic carbocycles. The molecule has 26 heavy (non-hydrogen) atoms. The summed E-state index contributed by atoms with van der Waals surface area (Å²) in [4.78, 5) is 25.4. The van der Waals surface area contributed by atoms with Crippen molar-refractivity contribution in [2.45, 2.75) is 30.7 Å². The third kappa shape index (κ3) is 2.98. The number of hydrogen-bond donors (Lipinski definition) is 0. The first-order valence-electron chi connectivity index (χ1n) is 8.39. The molecule has 5 heteroatoms. The van der Waals surface area contributed by atoms with E-state index in [4.69, 9.17) is 4.74 Å². The van der Waals surface area contributed by atoms with Gasteiger partial charge in [0, 0.05) is 0 Å². The molecule has 0 saturated heterocycles. The van der Waals surface area contributed by atoms with Crippen molar-refractivity contribution in [3.8, 4) is 0 Å². The van der Waals surface area contributed by atoms with Crippen LogP contribution in [0.25, 0.3) is 5.76 Å². The summed E-state index contributed by atoms with van der Waals surface area (Å²) >= 11 is 3.63. The number of carbonyl (C=O) groups excluding carboxylic acids is 2. The van der Waals surface area contributed by atoms with Crippen LogP contribution in [0.2, 0.25) is 4.82 Å². The van der Waals surface area contributed by atoms with Crippen molar-refractivity contribution in [2.24, 2.45) is 0 Å². The molecule has 2 aromatic rings. The van der Waals surface area contributed by atoms with Gasteiger partial charge in [-0.2, -0.15) is 0 Å². The van der Waals surface area contributed by atoms with Crippen molar-refractivity contribution in [1.82, 2.24) is 0 Å². The molecular weight excluding hydrogens is 459 g/mol. The standard InChI is InChI=1S/C21H17BrO3Se/c1-21(2)17(26-13-7-5-6-12(22)10-13)11-16-19(24)18(23)14-8-3-4-9-15(14)20(16)25-21/h3-10,17H,11H2,1-2H3. The first kappa shape index (κ1) is 17.7. The van der Waals surface area contributed by atoms with Gasteiger partial charge in [-0.3, -0.25) is 0 Å². The molecule has 0 N–H and O–H groups in total. The number of allylic oxidation sites excluding steroid dienone is 1. The zero-order valence-corrected chi connectivity index (χ0v) is 17.7. The number of fused-ring (bicyclic) bond motifs is 2. The zero-order valence-electron chi connectivity index (χ0n) is 14.4. The summed E-state index contributed by atoms with van der Waals surface area (Å²) in [7, 11) is 0. The Morgan fingerprint density at radius 1 is 1.04 bits per heavy atom. The van der Waals surface area contributed by atoms with Gasteiger partial charge in [-0.25, -0.2) is 0 Å². The second-order valence-corrected chi connectivity index (χ2v) is 10.6. The number of benzene rings is 2. The summed E-state index contributed by atoms with van der Waals surface area (Å²) in [6, 6.07) is 15.5. The molecule has 0 bridgehead atoms. The molecule has 0 saturated carbocycles. The number of ether oxygens (including phenoxy) is 1. The van der Waals surface area contributed by atoms with Gasteiger partial charge in [0.15, 0.2) is 0 Å². The molecule has 0 aromatic heterocycles. The number of ketones is 2. The van der Waals surface area contributed by atoms with Gasteiger partial charge < -0.3 is 0 Å². The molecule has 0 radical (unpaired) electrons. The third-order valence-corrected chi connectivity index (χ3v) is 8.51. The van der Waals surface area contributed by atoms with E-state index in [0.29, 0.717) is 23.3 Å². The normalized spacial score (nSPS) is 21.1. The first-order chi connectivity index (χ1) is 12.4. The van der Waals surface area contributed by atoms with Crippen LogP contribution in [-0.2, 0) is 9.53 Å². The van der Waals surface area contributed by atoms with E-state index < -0.39 is 17.2 Å². The SMILES string of the molecule is CC1(C)OC2=C(CC1[Se]c1cccc(Br)c1)C(=O)C(=O)c1ccccc12. The van der Waals surface area contributed by atoms with Gasteiger partial charge in [-0.05, 0) is 0 Å². The van der Waals surface area contributed by atoms with Crippen LogP contribution in [0, 0.1) is 0 Å². The molecule has 1 unspecified atom stereocenters. The van der Waals surface area contributed by atoms with Gasteiger partial charge in [-0.1, -0.05) is 0 Å². The first-order valence-corrected chi connectivity index (χ1v) is 11.0. The van der Waals surface area contributed by atoms with Crippen LogP contribution < -0.4 is 4.46 Å². The van der Waals surface area contributed by atoms with Crippen molar-refractivity contribution in [3.63, 3.8) is 0 Å². The summed E-state index contributed by atoms with van der Waals surface area (Å²) in [5.41, 5.74) is 1.32. The second-order valence-electron chi connectivity index (χ2n) is 6.99. The number of rotatable bonds is 2. The Kier molecular flexibility index (Phi) is 4.42. The molecule has 3 nitrogen and oxygen atoms in total. The van der Waals surface area contributed by atoms with Crippen molar-refractivity contribution < 1.29 is 14.3 Å².